The Balaban J connectivity index is 1.48. The minimum atomic E-state index is 0.347. The maximum Gasteiger partial charge on any atom is 0.227 e. The SMILES string of the molecule is CN(c1ccnc(N2CCOCC2)n1)C1CCCN(c2ccnc(C#N)c2)C1. The fourth-order valence-electron chi connectivity index (χ4n) is 3.82. The Kier molecular flexibility index (Phi) is 5.53. The van der Waals surface area contributed by atoms with Crippen LogP contribution in [-0.2, 0) is 4.74 Å². The molecule has 0 saturated carbocycles. The number of piperidine rings is 1. The highest BCUT2D eigenvalue weighted by atomic mass is 16.5. The van der Waals surface area contributed by atoms with Crippen molar-refractivity contribution in [2.45, 2.75) is 18.9 Å². The van der Waals surface area contributed by atoms with Gasteiger partial charge < -0.3 is 19.4 Å². The van der Waals surface area contributed by atoms with Crippen molar-refractivity contribution in [2.75, 3.05) is 61.1 Å². The molecule has 4 heterocycles. The number of hydrogen-bond donors (Lipinski definition) is 0. The number of aromatic nitrogens is 3. The number of morpholine rings is 1. The first-order valence-electron chi connectivity index (χ1n) is 9.74. The van der Waals surface area contributed by atoms with Crippen molar-refractivity contribution in [1.82, 2.24) is 15.0 Å². The fourth-order valence-corrected chi connectivity index (χ4v) is 3.82. The Morgan fingerprint density at radius 2 is 1.96 bits per heavy atom. The lowest BCUT2D eigenvalue weighted by Crippen LogP contribution is -2.47. The van der Waals surface area contributed by atoms with Crippen molar-refractivity contribution in [2.24, 2.45) is 0 Å². The first-order chi connectivity index (χ1) is 13.7. The standard InChI is InChI=1S/C20H25N7O/c1-25(19-5-7-23-20(24-19)26-9-11-28-12-10-26)18-3-2-8-27(15-18)17-4-6-22-16(13-17)14-21/h4-7,13,18H,2-3,8-12,15H2,1H3. The van der Waals surface area contributed by atoms with Crippen molar-refractivity contribution in [3.63, 3.8) is 0 Å². The summed E-state index contributed by atoms with van der Waals surface area (Å²) in [5.41, 5.74) is 1.51. The second kappa shape index (κ2) is 8.40. The molecule has 4 rings (SSSR count). The molecular formula is C20H25N7O. The maximum atomic E-state index is 9.12. The monoisotopic (exact) mass is 379 g/mol. The zero-order chi connectivity index (χ0) is 19.3. The molecule has 0 spiro atoms. The molecule has 8 heteroatoms. The van der Waals surface area contributed by atoms with Gasteiger partial charge in [-0.1, -0.05) is 0 Å². The molecule has 0 bridgehead atoms. The van der Waals surface area contributed by atoms with Crippen LogP contribution in [0.3, 0.4) is 0 Å². The summed E-state index contributed by atoms with van der Waals surface area (Å²) in [5.74, 6) is 1.71. The maximum absolute atomic E-state index is 9.12. The number of pyridine rings is 1. The number of hydrogen-bond acceptors (Lipinski definition) is 8. The number of nitriles is 1. The second-order valence-electron chi connectivity index (χ2n) is 7.18. The van der Waals surface area contributed by atoms with Crippen LogP contribution in [0.5, 0.6) is 0 Å². The highest BCUT2D eigenvalue weighted by Crippen LogP contribution is 2.25. The zero-order valence-electron chi connectivity index (χ0n) is 16.2. The van der Waals surface area contributed by atoms with Gasteiger partial charge in [0.1, 0.15) is 17.6 Å². The van der Waals surface area contributed by atoms with E-state index in [9.17, 15) is 0 Å². The third kappa shape index (κ3) is 3.99. The van der Waals surface area contributed by atoms with Crippen LogP contribution in [0, 0.1) is 11.3 Å². The summed E-state index contributed by atoms with van der Waals surface area (Å²) in [6, 6.07) is 8.29. The Morgan fingerprint density at radius 1 is 1.14 bits per heavy atom. The van der Waals surface area contributed by atoms with Crippen molar-refractivity contribution < 1.29 is 4.74 Å². The van der Waals surface area contributed by atoms with Gasteiger partial charge in [0.2, 0.25) is 5.95 Å². The van der Waals surface area contributed by atoms with E-state index in [2.05, 4.69) is 37.8 Å². The van der Waals surface area contributed by atoms with Crippen molar-refractivity contribution in [3.8, 4) is 6.07 Å². The third-order valence-electron chi connectivity index (χ3n) is 5.45. The van der Waals surface area contributed by atoms with Crippen LogP contribution in [0.15, 0.2) is 30.6 Å². The molecule has 0 radical (unpaired) electrons. The zero-order valence-corrected chi connectivity index (χ0v) is 16.2. The van der Waals surface area contributed by atoms with E-state index >= 15 is 0 Å². The van der Waals surface area contributed by atoms with Gasteiger partial charge in [-0.2, -0.15) is 10.2 Å². The van der Waals surface area contributed by atoms with Crippen LogP contribution in [0.2, 0.25) is 0 Å². The van der Waals surface area contributed by atoms with Gasteiger partial charge in [-0.05, 0) is 31.0 Å². The number of nitrogens with zero attached hydrogens (tertiary/aromatic N) is 7. The molecule has 0 aliphatic carbocycles. The van der Waals surface area contributed by atoms with Gasteiger partial charge in [0.05, 0.1) is 13.2 Å². The average molecular weight is 379 g/mol. The molecule has 0 N–H and O–H groups in total. The number of ether oxygens (including phenoxy) is 1. The molecule has 2 aliphatic heterocycles. The molecule has 2 aliphatic rings. The fraction of sp³-hybridized carbons (Fsp3) is 0.500. The van der Waals surface area contributed by atoms with E-state index in [0.717, 1.165) is 69.7 Å². The molecule has 2 aromatic rings. The van der Waals surface area contributed by atoms with Crippen LogP contribution in [0.25, 0.3) is 0 Å². The van der Waals surface area contributed by atoms with Gasteiger partial charge in [0.25, 0.3) is 0 Å². The molecule has 1 atom stereocenters. The van der Waals surface area contributed by atoms with Gasteiger partial charge in [0.15, 0.2) is 0 Å². The van der Waals surface area contributed by atoms with E-state index in [0.29, 0.717) is 11.7 Å². The first kappa shape index (κ1) is 18.4. The van der Waals surface area contributed by atoms with Crippen LogP contribution in [0.4, 0.5) is 17.5 Å². The topological polar surface area (TPSA) is 81.4 Å². The predicted molar refractivity (Wildman–Crippen MR) is 108 cm³/mol. The van der Waals surface area contributed by atoms with Crippen LogP contribution >= 0.6 is 0 Å². The highest BCUT2D eigenvalue weighted by Gasteiger charge is 2.25. The van der Waals surface area contributed by atoms with Gasteiger partial charge in [-0.3, -0.25) is 0 Å². The molecule has 8 nitrogen and oxygen atoms in total. The van der Waals surface area contributed by atoms with E-state index < -0.39 is 0 Å². The summed E-state index contributed by atoms with van der Waals surface area (Å²) in [4.78, 5) is 20.1. The summed E-state index contributed by atoms with van der Waals surface area (Å²) in [5, 5.41) is 9.12. The number of likely N-dealkylation sites (N-methyl/N-ethyl adjacent to an activating group) is 1. The summed E-state index contributed by atoms with van der Waals surface area (Å²) in [7, 11) is 2.10. The summed E-state index contributed by atoms with van der Waals surface area (Å²) >= 11 is 0. The van der Waals surface area contributed by atoms with E-state index in [1.165, 1.54) is 0 Å². The molecule has 0 amide bonds. The van der Waals surface area contributed by atoms with Crippen molar-refractivity contribution >= 4 is 17.5 Å². The van der Waals surface area contributed by atoms with E-state index in [-0.39, 0.29) is 0 Å². The predicted octanol–water partition coefficient (Wildman–Crippen LogP) is 1.69. The average Bonchev–Trinajstić information content (AvgIpc) is 2.79. The van der Waals surface area contributed by atoms with Gasteiger partial charge in [-0.15, -0.1) is 0 Å². The lowest BCUT2D eigenvalue weighted by atomic mass is 10.0. The number of rotatable bonds is 4. The minimum absolute atomic E-state index is 0.347. The summed E-state index contributed by atoms with van der Waals surface area (Å²) < 4.78 is 5.43. The summed E-state index contributed by atoms with van der Waals surface area (Å²) in [6.45, 7) is 4.97. The summed E-state index contributed by atoms with van der Waals surface area (Å²) in [6.07, 6.45) is 5.76. The van der Waals surface area contributed by atoms with E-state index in [1.54, 1.807) is 6.20 Å². The molecule has 146 valence electrons. The van der Waals surface area contributed by atoms with E-state index in [4.69, 9.17) is 15.0 Å². The van der Waals surface area contributed by atoms with Gasteiger partial charge >= 0.3 is 0 Å². The minimum Gasteiger partial charge on any atom is -0.378 e. The molecule has 2 aromatic heterocycles. The molecule has 2 fully saturated rings. The Morgan fingerprint density at radius 3 is 2.79 bits per heavy atom. The smallest absolute Gasteiger partial charge is 0.227 e. The normalized spacial score (nSPS) is 19.9. The first-order valence-corrected chi connectivity index (χ1v) is 9.74. The largest absolute Gasteiger partial charge is 0.378 e. The quantitative estimate of drug-likeness (QED) is 0.794. The molecule has 0 aromatic carbocycles. The van der Waals surface area contributed by atoms with E-state index in [1.807, 2.05) is 24.4 Å². The lowest BCUT2D eigenvalue weighted by Gasteiger charge is -2.39. The molecule has 1 unspecified atom stereocenters. The Labute approximate surface area is 165 Å². The number of anilines is 3. The van der Waals surface area contributed by atoms with Crippen LogP contribution < -0.4 is 14.7 Å². The van der Waals surface area contributed by atoms with Crippen molar-refractivity contribution in [1.29, 1.82) is 5.26 Å². The van der Waals surface area contributed by atoms with Crippen molar-refractivity contribution in [3.05, 3.63) is 36.3 Å². The van der Waals surface area contributed by atoms with Gasteiger partial charge in [-0.25, -0.2) is 9.97 Å². The Bertz CT molecular complexity index is 846. The molecule has 28 heavy (non-hydrogen) atoms. The lowest BCUT2D eigenvalue weighted by molar-refractivity contribution is 0.122. The van der Waals surface area contributed by atoms with Crippen LogP contribution in [-0.4, -0.2) is 67.4 Å². The molecular weight excluding hydrogens is 354 g/mol. The molecule has 2 saturated heterocycles. The van der Waals surface area contributed by atoms with Gasteiger partial charge in [0, 0.05) is 57.3 Å². The Hall–Kier alpha value is -2.92. The third-order valence-corrected chi connectivity index (χ3v) is 5.45. The highest BCUT2D eigenvalue weighted by molar-refractivity contribution is 5.51. The second-order valence-corrected chi connectivity index (χ2v) is 7.18. The van der Waals surface area contributed by atoms with Crippen LogP contribution in [0.1, 0.15) is 18.5 Å².